The molecule has 0 bridgehead atoms. The fraction of sp³-hybridized carbons (Fsp3) is 0.222. The van der Waals surface area contributed by atoms with E-state index < -0.39 is 0 Å². The number of anilines is 1. The van der Waals surface area contributed by atoms with Gasteiger partial charge >= 0.3 is 0 Å². The van der Waals surface area contributed by atoms with Gasteiger partial charge in [0.2, 0.25) is 11.7 Å². The number of hydrogen-bond donors (Lipinski definition) is 2. The van der Waals surface area contributed by atoms with Gasteiger partial charge in [0.15, 0.2) is 11.5 Å². The van der Waals surface area contributed by atoms with E-state index in [0.29, 0.717) is 23.2 Å². The number of rotatable bonds is 6. The number of nitrogens with one attached hydrogen (secondary N) is 2. The van der Waals surface area contributed by atoms with Crippen molar-refractivity contribution in [3.8, 4) is 17.2 Å². The van der Waals surface area contributed by atoms with Gasteiger partial charge in [0.25, 0.3) is 0 Å². The highest BCUT2D eigenvalue weighted by Gasteiger charge is 2.14. The van der Waals surface area contributed by atoms with Crippen molar-refractivity contribution in [1.82, 2.24) is 9.97 Å². The third-order valence-corrected chi connectivity index (χ3v) is 3.80. The standard InChI is InChI=1S/C18H20N4O3/c1-11(12-9-15(23-2)17(25-4)16(10-12)24-3)21-22-18-19-13-7-5-6-8-14(13)20-18/h5-10H,1-4H3,(H2,19,20,22). The number of hydrazone groups is 1. The fourth-order valence-corrected chi connectivity index (χ4v) is 2.50. The molecule has 25 heavy (non-hydrogen) atoms. The van der Waals surface area contributed by atoms with Crippen LogP contribution in [0.15, 0.2) is 41.5 Å². The van der Waals surface area contributed by atoms with Gasteiger partial charge in [-0.3, -0.25) is 0 Å². The van der Waals surface area contributed by atoms with Crippen LogP contribution in [-0.2, 0) is 0 Å². The molecule has 0 radical (unpaired) electrons. The monoisotopic (exact) mass is 340 g/mol. The summed E-state index contributed by atoms with van der Waals surface area (Å²) in [6.45, 7) is 1.89. The molecule has 7 heteroatoms. The Morgan fingerprint density at radius 2 is 1.72 bits per heavy atom. The SMILES string of the molecule is COc1cc(C(C)=NNc2nc3ccccc3[nH]2)cc(OC)c1OC. The number of imidazole rings is 1. The van der Waals surface area contributed by atoms with Crippen molar-refractivity contribution in [2.75, 3.05) is 26.8 Å². The van der Waals surface area contributed by atoms with Gasteiger partial charge < -0.3 is 19.2 Å². The number of aromatic amines is 1. The molecule has 0 amide bonds. The van der Waals surface area contributed by atoms with E-state index in [1.807, 2.05) is 43.3 Å². The Bertz CT molecular complexity index is 860. The molecule has 2 aromatic carbocycles. The zero-order valence-corrected chi connectivity index (χ0v) is 14.6. The first-order valence-electron chi connectivity index (χ1n) is 7.71. The van der Waals surface area contributed by atoms with E-state index in [4.69, 9.17) is 14.2 Å². The summed E-state index contributed by atoms with van der Waals surface area (Å²) in [6, 6.07) is 11.5. The van der Waals surface area contributed by atoms with E-state index in [1.54, 1.807) is 21.3 Å². The van der Waals surface area contributed by atoms with Crippen molar-refractivity contribution in [3.63, 3.8) is 0 Å². The zero-order chi connectivity index (χ0) is 17.8. The van der Waals surface area contributed by atoms with Gasteiger partial charge in [0.1, 0.15) is 0 Å². The second-order valence-corrected chi connectivity index (χ2v) is 5.33. The summed E-state index contributed by atoms with van der Waals surface area (Å²) in [7, 11) is 4.74. The molecule has 0 aliphatic rings. The summed E-state index contributed by atoms with van der Waals surface area (Å²) in [5, 5.41) is 4.39. The third kappa shape index (κ3) is 3.35. The predicted octanol–water partition coefficient (Wildman–Crippen LogP) is 3.42. The quantitative estimate of drug-likeness (QED) is 0.531. The Balaban J connectivity index is 1.88. The van der Waals surface area contributed by atoms with E-state index in [2.05, 4.69) is 20.5 Å². The Labute approximate surface area is 145 Å². The van der Waals surface area contributed by atoms with Gasteiger partial charge in [-0.15, -0.1) is 0 Å². The number of benzene rings is 2. The van der Waals surface area contributed by atoms with Crippen LogP contribution in [0.4, 0.5) is 5.95 Å². The number of aromatic nitrogens is 2. The van der Waals surface area contributed by atoms with Crippen LogP contribution in [0.1, 0.15) is 12.5 Å². The van der Waals surface area contributed by atoms with Crippen molar-refractivity contribution in [2.45, 2.75) is 6.92 Å². The van der Waals surface area contributed by atoms with Crippen molar-refractivity contribution in [3.05, 3.63) is 42.0 Å². The molecule has 7 nitrogen and oxygen atoms in total. The number of fused-ring (bicyclic) bond motifs is 1. The van der Waals surface area contributed by atoms with Crippen LogP contribution in [-0.4, -0.2) is 37.0 Å². The number of para-hydroxylation sites is 2. The summed E-state index contributed by atoms with van der Waals surface area (Å²) >= 11 is 0. The van der Waals surface area contributed by atoms with Gasteiger partial charge in [-0.05, 0) is 31.2 Å². The molecule has 0 atom stereocenters. The van der Waals surface area contributed by atoms with Crippen molar-refractivity contribution >= 4 is 22.7 Å². The highest BCUT2D eigenvalue weighted by Crippen LogP contribution is 2.38. The molecule has 0 unspecified atom stereocenters. The molecule has 0 fully saturated rings. The van der Waals surface area contributed by atoms with Gasteiger partial charge in [-0.25, -0.2) is 10.4 Å². The van der Waals surface area contributed by atoms with Crippen LogP contribution in [0.5, 0.6) is 17.2 Å². The summed E-state index contributed by atoms with van der Waals surface area (Å²) in [4.78, 5) is 7.60. The second-order valence-electron chi connectivity index (χ2n) is 5.33. The highest BCUT2D eigenvalue weighted by molar-refractivity contribution is 6.00. The topological polar surface area (TPSA) is 80.8 Å². The van der Waals surface area contributed by atoms with Crippen molar-refractivity contribution < 1.29 is 14.2 Å². The minimum absolute atomic E-state index is 0.548. The molecule has 0 aliphatic carbocycles. The zero-order valence-electron chi connectivity index (χ0n) is 14.6. The minimum atomic E-state index is 0.548. The van der Waals surface area contributed by atoms with E-state index in [-0.39, 0.29) is 0 Å². The van der Waals surface area contributed by atoms with Crippen LogP contribution in [0.3, 0.4) is 0 Å². The van der Waals surface area contributed by atoms with Crippen LogP contribution >= 0.6 is 0 Å². The number of nitrogens with zero attached hydrogens (tertiary/aromatic N) is 2. The van der Waals surface area contributed by atoms with Crippen LogP contribution in [0, 0.1) is 0 Å². The molecule has 2 N–H and O–H groups in total. The van der Waals surface area contributed by atoms with Gasteiger partial charge in [0, 0.05) is 5.56 Å². The molecule has 3 aromatic rings. The molecule has 1 heterocycles. The number of methoxy groups -OCH3 is 3. The lowest BCUT2D eigenvalue weighted by molar-refractivity contribution is 0.324. The van der Waals surface area contributed by atoms with Crippen LogP contribution in [0.2, 0.25) is 0 Å². The predicted molar refractivity (Wildman–Crippen MR) is 98.0 cm³/mol. The summed E-state index contributed by atoms with van der Waals surface area (Å²) in [5.74, 6) is 2.28. The first-order valence-corrected chi connectivity index (χ1v) is 7.71. The minimum Gasteiger partial charge on any atom is -0.493 e. The molecule has 1 aromatic heterocycles. The molecule has 0 spiro atoms. The van der Waals surface area contributed by atoms with Gasteiger partial charge in [-0.2, -0.15) is 5.10 Å². The lowest BCUT2D eigenvalue weighted by Gasteiger charge is -2.14. The molecule has 3 rings (SSSR count). The average molecular weight is 340 g/mol. The largest absolute Gasteiger partial charge is 0.493 e. The number of ether oxygens (including phenoxy) is 3. The smallest absolute Gasteiger partial charge is 0.222 e. The summed E-state index contributed by atoms with van der Waals surface area (Å²) in [6.07, 6.45) is 0. The maximum atomic E-state index is 5.37. The van der Waals surface area contributed by atoms with Crippen LogP contribution < -0.4 is 19.6 Å². The summed E-state index contributed by atoms with van der Waals surface area (Å²) < 4.78 is 16.1. The normalized spacial score (nSPS) is 11.4. The second kappa shape index (κ2) is 7.12. The first kappa shape index (κ1) is 16.6. The van der Waals surface area contributed by atoms with E-state index >= 15 is 0 Å². The molecular formula is C18H20N4O3. The van der Waals surface area contributed by atoms with Crippen molar-refractivity contribution in [2.24, 2.45) is 5.10 Å². The number of H-pyrrole nitrogens is 1. The molecule has 0 saturated carbocycles. The van der Waals surface area contributed by atoms with Crippen molar-refractivity contribution in [1.29, 1.82) is 0 Å². The third-order valence-electron chi connectivity index (χ3n) is 3.80. The average Bonchev–Trinajstić information content (AvgIpc) is 3.07. The number of hydrogen-bond acceptors (Lipinski definition) is 6. The first-order chi connectivity index (χ1) is 12.2. The van der Waals surface area contributed by atoms with Gasteiger partial charge in [0.05, 0.1) is 38.1 Å². The lowest BCUT2D eigenvalue weighted by Crippen LogP contribution is -2.03. The fourth-order valence-electron chi connectivity index (χ4n) is 2.50. The molecular weight excluding hydrogens is 320 g/mol. The van der Waals surface area contributed by atoms with E-state index in [0.717, 1.165) is 22.3 Å². The Morgan fingerprint density at radius 3 is 2.32 bits per heavy atom. The van der Waals surface area contributed by atoms with Crippen LogP contribution in [0.25, 0.3) is 11.0 Å². The Hall–Kier alpha value is -3.22. The Morgan fingerprint density at radius 1 is 1.04 bits per heavy atom. The molecule has 130 valence electrons. The maximum Gasteiger partial charge on any atom is 0.222 e. The van der Waals surface area contributed by atoms with Gasteiger partial charge in [-0.1, -0.05) is 12.1 Å². The molecule has 0 saturated heterocycles. The maximum absolute atomic E-state index is 5.37. The Kier molecular flexibility index (Phi) is 4.74. The van der Waals surface area contributed by atoms with E-state index in [1.165, 1.54) is 0 Å². The lowest BCUT2D eigenvalue weighted by atomic mass is 10.1. The molecule has 0 aliphatic heterocycles. The van der Waals surface area contributed by atoms with E-state index in [9.17, 15) is 0 Å². The highest BCUT2D eigenvalue weighted by atomic mass is 16.5. The summed E-state index contributed by atoms with van der Waals surface area (Å²) in [5.41, 5.74) is 6.37.